The number of anilines is 2. The standard InChI is InChI=1S/C23H30N10O2.2ClH/c1-14(30-32-22(24)25)16-6-3-8-18(12-16)28-20(34)10-5-11-21(35)29-19-9-4-7-17(13-19)15(2)31-33-23(26)27;;/h3-4,6-9,12-13H,5,10-11H2,1-2H3,(H,28,34)(H,29,35)(H4,24,25,32)(H4,26,27,33);2*1H. The number of amides is 2. The molecule has 2 amide bonds. The van der Waals surface area contributed by atoms with E-state index in [1.165, 1.54) is 0 Å². The number of halogens is 2. The number of benzene rings is 2. The molecule has 37 heavy (non-hydrogen) atoms. The minimum absolute atomic E-state index is 0. The first-order chi connectivity index (χ1) is 16.6. The molecule has 0 heterocycles. The second kappa shape index (κ2) is 16.5. The monoisotopic (exact) mass is 550 g/mol. The highest BCUT2D eigenvalue weighted by atomic mass is 35.5. The molecular formula is C23H32Cl2N10O2. The number of nitrogens with one attached hydrogen (secondary N) is 2. The molecule has 0 aliphatic heterocycles. The van der Waals surface area contributed by atoms with Gasteiger partial charge in [-0.05, 0) is 55.7 Å². The molecule has 2 aromatic carbocycles. The van der Waals surface area contributed by atoms with Crippen molar-refractivity contribution in [3.8, 4) is 0 Å². The van der Waals surface area contributed by atoms with Crippen molar-refractivity contribution in [3.05, 3.63) is 59.7 Å². The third-order valence-corrected chi connectivity index (χ3v) is 4.57. The number of carbonyl (C=O) groups excluding carboxylic acids is 2. The van der Waals surface area contributed by atoms with Crippen molar-refractivity contribution in [1.82, 2.24) is 0 Å². The number of guanidine groups is 2. The first-order valence-corrected chi connectivity index (χ1v) is 10.7. The van der Waals surface area contributed by atoms with Crippen molar-refractivity contribution in [2.45, 2.75) is 33.1 Å². The summed E-state index contributed by atoms with van der Waals surface area (Å²) in [6, 6.07) is 14.2. The number of carbonyl (C=O) groups is 2. The van der Waals surface area contributed by atoms with E-state index in [-0.39, 0.29) is 61.4 Å². The van der Waals surface area contributed by atoms with E-state index in [2.05, 4.69) is 31.0 Å². The Balaban J connectivity index is 0.00000648. The van der Waals surface area contributed by atoms with Crippen LogP contribution in [-0.2, 0) is 9.59 Å². The van der Waals surface area contributed by atoms with E-state index in [0.717, 1.165) is 11.1 Å². The number of hydrogen-bond donors (Lipinski definition) is 6. The Hall–Kier alpha value is -4.16. The molecule has 200 valence electrons. The van der Waals surface area contributed by atoms with E-state index in [0.29, 0.717) is 29.2 Å². The molecule has 0 fully saturated rings. The molecule has 0 aliphatic rings. The molecule has 0 bridgehead atoms. The van der Waals surface area contributed by atoms with Crippen LogP contribution in [0.1, 0.15) is 44.2 Å². The zero-order valence-corrected chi connectivity index (χ0v) is 22.1. The molecule has 0 atom stereocenters. The summed E-state index contributed by atoms with van der Waals surface area (Å²) in [5.41, 5.74) is 25.0. The lowest BCUT2D eigenvalue weighted by molar-refractivity contribution is -0.117. The highest BCUT2D eigenvalue weighted by Gasteiger charge is 2.08. The van der Waals surface area contributed by atoms with Gasteiger partial charge >= 0.3 is 0 Å². The summed E-state index contributed by atoms with van der Waals surface area (Å²) in [7, 11) is 0. The number of rotatable bonds is 10. The molecule has 0 saturated carbocycles. The number of hydrogen-bond acceptors (Lipinski definition) is 6. The van der Waals surface area contributed by atoms with Gasteiger partial charge in [0.05, 0.1) is 11.4 Å². The summed E-state index contributed by atoms with van der Waals surface area (Å²) in [5.74, 6) is -0.695. The molecule has 14 heteroatoms. The fourth-order valence-electron chi connectivity index (χ4n) is 2.88. The van der Waals surface area contributed by atoms with E-state index in [1.54, 1.807) is 50.2 Å². The third-order valence-electron chi connectivity index (χ3n) is 4.57. The van der Waals surface area contributed by atoms with E-state index >= 15 is 0 Å². The smallest absolute Gasteiger partial charge is 0.224 e. The summed E-state index contributed by atoms with van der Waals surface area (Å²) in [4.78, 5) is 24.6. The van der Waals surface area contributed by atoms with Crippen molar-refractivity contribution in [2.75, 3.05) is 10.6 Å². The summed E-state index contributed by atoms with van der Waals surface area (Å²) in [6.07, 6.45) is 0.749. The highest BCUT2D eigenvalue weighted by molar-refractivity contribution is 6.02. The van der Waals surface area contributed by atoms with Crippen molar-refractivity contribution in [2.24, 2.45) is 43.3 Å². The SMILES string of the molecule is CC(=NN=C(N)N)c1cccc(NC(=O)CCCC(=O)Nc2cccc(C(C)=NN=C(N)N)c2)c1.Cl.Cl. The topological polar surface area (TPSA) is 212 Å². The van der Waals surface area contributed by atoms with Crippen LogP contribution in [0.4, 0.5) is 11.4 Å². The van der Waals surface area contributed by atoms with Crippen LogP contribution in [0.25, 0.3) is 0 Å². The minimum atomic E-state index is -0.206. The summed E-state index contributed by atoms with van der Waals surface area (Å²) < 4.78 is 0. The summed E-state index contributed by atoms with van der Waals surface area (Å²) >= 11 is 0. The lowest BCUT2D eigenvalue weighted by atomic mass is 10.1. The van der Waals surface area contributed by atoms with Crippen LogP contribution < -0.4 is 33.6 Å². The molecule has 0 saturated heterocycles. The number of nitrogens with two attached hydrogens (primary N) is 4. The van der Waals surface area contributed by atoms with Gasteiger partial charge in [0.2, 0.25) is 23.7 Å². The van der Waals surface area contributed by atoms with Gasteiger partial charge in [0.15, 0.2) is 0 Å². The van der Waals surface area contributed by atoms with Gasteiger partial charge in [0.25, 0.3) is 0 Å². The Kier molecular flexibility index (Phi) is 14.6. The Morgan fingerprint density at radius 3 is 1.41 bits per heavy atom. The predicted molar refractivity (Wildman–Crippen MR) is 155 cm³/mol. The second-order valence-corrected chi connectivity index (χ2v) is 7.53. The van der Waals surface area contributed by atoms with Gasteiger partial charge in [-0.2, -0.15) is 10.2 Å². The third kappa shape index (κ3) is 12.4. The molecule has 10 N–H and O–H groups in total. The quantitative estimate of drug-likeness (QED) is 0.148. The lowest BCUT2D eigenvalue weighted by Gasteiger charge is -2.08. The zero-order valence-electron chi connectivity index (χ0n) is 20.5. The molecule has 0 aliphatic carbocycles. The van der Waals surface area contributed by atoms with Crippen LogP contribution in [0.2, 0.25) is 0 Å². The fraction of sp³-hybridized carbons (Fsp3) is 0.217. The normalized spacial score (nSPS) is 10.8. The van der Waals surface area contributed by atoms with Gasteiger partial charge in [0.1, 0.15) is 0 Å². The zero-order chi connectivity index (χ0) is 25.8. The average Bonchev–Trinajstić information content (AvgIpc) is 2.81. The van der Waals surface area contributed by atoms with Gasteiger partial charge < -0.3 is 33.6 Å². The van der Waals surface area contributed by atoms with E-state index in [9.17, 15) is 9.59 Å². The Labute approximate surface area is 227 Å². The van der Waals surface area contributed by atoms with Crippen LogP contribution in [0.3, 0.4) is 0 Å². The fourth-order valence-corrected chi connectivity index (χ4v) is 2.88. The van der Waals surface area contributed by atoms with Crippen LogP contribution in [0.15, 0.2) is 68.9 Å². The van der Waals surface area contributed by atoms with Crippen LogP contribution in [0, 0.1) is 0 Å². The average molecular weight is 551 g/mol. The highest BCUT2D eigenvalue weighted by Crippen LogP contribution is 2.14. The Bertz CT molecular complexity index is 1100. The van der Waals surface area contributed by atoms with E-state index in [4.69, 9.17) is 22.9 Å². The van der Waals surface area contributed by atoms with Crippen LogP contribution >= 0.6 is 24.8 Å². The molecule has 0 spiro atoms. The Morgan fingerprint density at radius 2 is 1.05 bits per heavy atom. The van der Waals surface area contributed by atoms with E-state index < -0.39 is 0 Å². The van der Waals surface area contributed by atoms with Gasteiger partial charge in [-0.25, -0.2) is 0 Å². The van der Waals surface area contributed by atoms with Crippen LogP contribution in [-0.4, -0.2) is 35.2 Å². The maximum atomic E-state index is 12.3. The van der Waals surface area contributed by atoms with Crippen molar-refractivity contribution < 1.29 is 9.59 Å². The molecule has 0 unspecified atom stereocenters. The minimum Gasteiger partial charge on any atom is -0.369 e. The van der Waals surface area contributed by atoms with Crippen molar-refractivity contribution >= 4 is 71.3 Å². The molecular weight excluding hydrogens is 519 g/mol. The van der Waals surface area contributed by atoms with E-state index in [1.807, 2.05) is 12.1 Å². The molecule has 2 aromatic rings. The molecule has 0 aromatic heterocycles. The van der Waals surface area contributed by atoms with Gasteiger partial charge in [-0.3, -0.25) is 9.59 Å². The lowest BCUT2D eigenvalue weighted by Crippen LogP contribution is -2.22. The second-order valence-electron chi connectivity index (χ2n) is 7.53. The summed E-state index contributed by atoms with van der Waals surface area (Å²) in [5, 5.41) is 20.7. The van der Waals surface area contributed by atoms with Crippen molar-refractivity contribution in [1.29, 1.82) is 0 Å². The summed E-state index contributed by atoms with van der Waals surface area (Å²) in [6.45, 7) is 3.50. The van der Waals surface area contributed by atoms with Gasteiger partial charge in [0, 0.05) is 24.2 Å². The first kappa shape index (κ1) is 32.8. The van der Waals surface area contributed by atoms with Crippen LogP contribution in [0.5, 0.6) is 0 Å². The predicted octanol–water partition coefficient (Wildman–Crippen LogP) is 2.27. The molecule has 2 rings (SSSR count). The number of nitrogens with zero attached hydrogens (tertiary/aromatic N) is 4. The largest absolute Gasteiger partial charge is 0.369 e. The maximum Gasteiger partial charge on any atom is 0.224 e. The molecule has 0 radical (unpaired) electrons. The van der Waals surface area contributed by atoms with Gasteiger partial charge in [-0.15, -0.1) is 35.0 Å². The molecule has 12 nitrogen and oxygen atoms in total. The maximum absolute atomic E-state index is 12.3. The van der Waals surface area contributed by atoms with Crippen molar-refractivity contribution in [3.63, 3.8) is 0 Å². The Morgan fingerprint density at radius 1 is 0.676 bits per heavy atom. The van der Waals surface area contributed by atoms with Gasteiger partial charge in [-0.1, -0.05) is 24.3 Å². The first-order valence-electron chi connectivity index (χ1n) is 10.7.